The Balaban J connectivity index is 1.98. The number of halogens is 3. The Bertz CT molecular complexity index is 819. The maximum atomic E-state index is 14.6. The minimum atomic E-state index is -1.51. The van der Waals surface area contributed by atoms with Crippen LogP contribution in [0.25, 0.3) is 10.8 Å². The summed E-state index contributed by atoms with van der Waals surface area (Å²) < 4.78 is 52.9. The van der Waals surface area contributed by atoms with Crippen LogP contribution in [0.2, 0.25) is 0 Å². The average Bonchev–Trinajstić information content (AvgIpc) is 2.69. The standard InChI is InChI=1S/C23H31F3O3/c1-3-5-7-10-18(24)19(25)11-8-9-17-15-16-12-13-20(28-14-6-4-2)22(26)21(16)23(27)29-17/h12-13,15,18-19H,3-11,14H2,1-2H3. The molecule has 2 aromatic rings. The van der Waals surface area contributed by atoms with Crippen molar-refractivity contribution >= 4 is 10.8 Å². The zero-order valence-electron chi connectivity index (χ0n) is 17.3. The molecule has 1 heterocycles. The molecule has 0 radical (unpaired) electrons. The molecule has 2 rings (SSSR count). The predicted molar refractivity (Wildman–Crippen MR) is 110 cm³/mol. The molecule has 0 amide bonds. The Hall–Kier alpha value is -1.98. The third-order valence-electron chi connectivity index (χ3n) is 5.02. The zero-order valence-corrected chi connectivity index (χ0v) is 17.3. The summed E-state index contributed by atoms with van der Waals surface area (Å²) in [6, 6.07) is 4.69. The molecule has 0 aliphatic carbocycles. The van der Waals surface area contributed by atoms with Gasteiger partial charge in [0.2, 0.25) is 0 Å². The van der Waals surface area contributed by atoms with Gasteiger partial charge in [-0.05, 0) is 43.2 Å². The van der Waals surface area contributed by atoms with Crippen molar-refractivity contribution in [2.24, 2.45) is 0 Å². The SMILES string of the molecule is CCCCCC(F)C(F)CCCc1cc2ccc(OCCCC)c(F)c2c(=O)o1. The molecule has 0 aliphatic rings. The van der Waals surface area contributed by atoms with Gasteiger partial charge in [-0.3, -0.25) is 0 Å². The van der Waals surface area contributed by atoms with Crippen LogP contribution in [0.15, 0.2) is 27.4 Å². The number of fused-ring (bicyclic) bond motifs is 1. The fourth-order valence-corrected chi connectivity index (χ4v) is 3.26. The van der Waals surface area contributed by atoms with Gasteiger partial charge >= 0.3 is 5.63 Å². The highest BCUT2D eigenvalue weighted by molar-refractivity contribution is 5.83. The van der Waals surface area contributed by atoms with E-state index in [4.69, 9.17) is 9.15 Å². The first-order valence-corrected chi connectivity index (χ1v) is 10.6. The van der Waals surface area contributed by atoms with Crippen LogP contribution < -0.4 is 10.4 Å². The first-order valence-electron chi connectivity index (χ1n) is 10.6. The Morgan fingerprint density at radius 1 is 1.00 bits per heavy atom. The molecule has 0 saturated heterocycles. The van der Waals surface area contributed by atoms with Crippen molar-refractivity contribution in [3.63, 3.8) is 0 Å². The van der Waals surface area contributed by atoms with Crippen molar-refractivity contribution in [1.82, 2.24) is 0 Å². The Morgan fingerprint density at radius 2 is 1.69 bits per heavy atom. The van der Waals surface area contributed by atoms with Gasteiger partial charge in [-0.2, -0.15) is 0 Å². The molecule has 0 aliphatic heterocycles. The topological polar surface area (TPSA) is 39.4 Å². The summed E-state index contributed by atoms with van der Waals surface area (Å²) in [6.07, 6.45) is 2.25. The molecule has 2 atom stereocenters. The smallest absolute Gasteiger partial charge is 0.346 e. The van der Waals surface area contributed by atoms with E-state index >= 15 is 0 Å². The lowest BCUT2D eigenvalue weighted by atomic mass is 10.0. The highest BCUT2D eigenvalue weighted by Gasteiger charge is 2.20. The summed E-state index contributed by atoms with van der Waals surface area (Å²) >= 11 is 0. The molecule has 0 bridgehead atoms. The predicted octanol–water partition coefficient (Wildman–Crippen LogP) is 6.69. The number of hydrogen-bond donors (Lipinski definition) is 0. The lowest BCUT2D eigenvalue weighted by Gasteiger charge is -2.13. The van der Waals surface area contributed by atoms with Crippen LogP contribution in [0.5, 0.6) is 5.75 Å². The molecule has 2 unspecified atom stereocenters. The number of aryl methyl sites for hydroxylation is 1. The fraction of sp³-hybridized carbons (Fsp3) is 0.609. The largest absolute Gasteiger partial charge is 0.490 e. The molecule has 1 aromatic heterocycles. The summed E-state index contributed by atoms with van der Waals surface area (Å²) in [7, 11) is 0. The number of ether oxygens (including phenoxy) is 1. The molecule has 1 aromatic carbocycles. The second-order valence-electron chi connectivity index (χ2n) is 7.46. The van der Waals surface area contributed by atoms with E-state index in [-0.39, 0.29) is 24.0 Å². The van der Waals surface area contributed by atoms with Crippen molar-refractivity contribution < 1.29 is 22.3 Å². The van der Waals surface area contributed by atoms with Crippen LogP contribution in [0.1, 0.15) is 71.0 Å². The summed E-state index contributed by atoms with van der Waals surface area (Å²) in [5.41, 5.74) is -0.782. The first kappa shape index (κ1) is 23.3. The molecule has 0 saturated carbocycles. The highest BCUT2D eigenvalue weighted by Crippen LogP contribution is 2.26. The molecule has 3 nitrogen and oxygen atoms in total. The molecule has 0 fully saturated rings. The Kier molecular flexibility index (Phi) is 9.55. The highest BCUT2D eigenvalue weighted by atomic mass is 19.2. The molecular weight excluding hydrogens is 381 g/mol. The number of unbranched alkanes of at least 4 members (excludes halogenated alkanes) is 3. The normalized spacial score (nSPS) is 13.6. The molecular formula is C23H31F3O3. The average molecular weight is 412 g/mol. The molecule has 0 N–H and O–H groups in total. The van der Waals surface area contributed by atoms with Crippen LogP contribution in [0, 0.1) is 5.82 Å². The molecule has 6 heteroatoms. The van der Waals surface area contributed by atoms with E-state index in [1.165, 1.54) is 6.07 Å². The van der Waals surface area contributed by atoms with Crippen molar-refractivity contribution in [3.8, 4) is 5.75 Å². The Morgan fingerprint density at radius 3 is 2.38 bits per heavy atom. The number of benzene rings is 1. The minimum Gasteiger partial charge on any atom is -0.490 e. The van der Waals surface area contributed by atoms with E-state index in [0.29, 0.717) is 37.0 Å². The fourth-order valence-electron chi connectivity index (χ4n) is 3.26. The van der Waals surface area contributed by atoms with Crippen molar-refractivity contribution in [3.05, 3.63) is 40.2 Å². The van der Waals surface area contributed by atoms with Crippen molar-refractivity contribution in [1.29, 1.82) is 0 Å². The van der Waals surface area contributed by atoms with Gasteiger partial charge in [-0.25, -0.2) is 18.0 Å². The maximum Gasteiger partial charge on any atom is 0.346 e. The van der Waals surface area contributed by atoms with Crippen molar-refractivity contribution in [2.45, 2.75) is 84.0 Å². The van der Waals surface area contributed by atoms with Gasteiger partial charge in [0.15, 0.2) is 11.6 Å². The van der Waals surface area contributed by atoms with Crippen LogP contribution in [-0.2, 0) is 6.42 Å². The van der Waals surface area contributed by atoms with Crippen molar-refractivity contribution in [2.75, 3.05) is 6.61 Å². The lowest BCUT2D eigenvalue weighted by molar-refractivity contribution is 0.144. The van der Waals surface area contributed by atoms with E-state index in [9.17, 15) is 18.0 Å². The van der Waals surface area contributed by atoms with Gasteiger partial charge in [0.05, 0.1) is 6.61 Å². The van der Waals surface area contributed by atoms with Crippen LogP contribution in [0.4, 0.5) is 13.2 Å². The molecule has 29 heavy (non-hydrogen) atoms. The van der Waals surface area contributed by atoms with E-state index in [1.54, 1.807) is 12.1 Å². The Labute approximate surface area is 170 Å². The van der Waals surface area contributed by atoms with Gasteiger partial charge in [0.25, 0.3) is 0 Å². The quantitative estimate of drug-likeness (QED) is 0.344. The maximum absolute atomic E-state index is 14.6. The third-order valence-corrected chi connectivity index (χ3v) is 5.02. The monoisotopic (exact) mass is 412 g/mol. The first-order chi connectivity index (χ1) is 14.0. The summed E-state index contributed by atoms with van der Waals surface area (Å²) in [6.45, 7) is 4.39. The third kappa shape index (κ3) is 6.79. The summed E-state index contributed by atoms with van der Waals surface area (Å²) in [5.74, 6) is -0.353. The van der Waals surface area contributed by atoms with Gasteiger partial charge in [-0.15, -0.1) is 0 Å². The minimum absolute atomic E-state index is 0.0309. The summed E-state index contributed by atoms with van der Waals surface area (Å²) in [5, 5.41) is 0.266. The summed E-state index contributed by atoms with van der Waals surface area (Å²) in [4.78, 5) is 12.3. The second kappa shape index (κ2) is 11.9. The second-order valence-corrected chi connectivity index (χ2v) is 7.46. The van der Waals surface area contributed by atoms with Gasteiger partial charge in [0, 0.05) is 6.42 Å². The number of alkyl halides is 2. The van der Waals surface area contributed by atoms with Crippen LogP contribution in [-0.4, -0.2) is 19.0 Å². The van der Waals surface area contributed by atoms with E-state index in [2.05, 4.69) is 0 Å². The lowest BCUT2D eigenvalue weighted by Crippen LogP contribution is -2.17. The van der Waals surface area contributed by atoms with Gasteiger partial charge in [0.1, 0.15) is 23.5 Å². The molecule has 0 spiro atoms. The van der Waals surface area contributed by atoms with E-state index < -0.39 is 23.8 Å². The van der Waals surface area contributed by atoms with E-state index in [0.717, 1.165) is 25.7 Å². The molecule has 162 valence electrons. The van der Waals surface area contributed by atoms with Crippen LogP contribution >= 0.6 is 0 Å². The van der Waals surface area contributed by atoms with Gasteiger partial charge in [-0.1, -0.05) is 45.6 Å². The number of hydrogen-bond acceptors (Lipinski definition) is 3. The number of rotatable bonds is 13. The zero-order chi connectivity index (χ0) is 21.2. The van der Waals surface area contributed by atoms with E-state index in [1.807, 2.05) is 13.8 Å². The van der Waals surface area contributed by atoms with Crippen LogP contribution in [0.3, 0.4) is 0 Å². The van der Waals surface area contributed by atoms with Gasteiger partial charge < -0.3 is 9.15 Å².